The van der Waals surface area contributed by atoms with Gasteiger partial charge < -0.3 is 19.7 Å². The summed E-state index contributed by atoms with van der Waals surface area (Å²) < 4.78 is 10.2. The van der Waals surface area contributed by atoms with Crippen LogP contribution in [-0.4, -0.2) is 53.6 Å². The molecule has 0 aliphatic carbocycles. The number of rotatable bonds is 8. The zero-order chi connectivity index (χ0) is 19.3. The van der Waals surface area contributed by atoms with Crippen LogP contribution in [0.15, 0.2) is 36.4 Å². The van der Waals surface area contributed by atoms with Crippen LogP contribution in [0.3, 0.4) is 0 Å². The summed E-state index contributed by atoms with van der Waals surface area (Å²) in [5.41, 5.74) is -1.41. The van der Waals surface area contributed by atoms with Gasteiger partial charge in [-0.2, -0.15) is 0 Å². The number of aliphatic hydroxyl groups excluding tert-OH is 2. The van der Waals surface area contributed by atoms with Crippen molar-refractivity contribution in [2.75, 3.05) is 26.9 Å². The summed E-state index contributed by atoms with van der Waals surface area (Å²) in [6, 6.07) is 11.0. The number of esters is 1. The van der Waals surface area contributed by atoms with Gasteiger partial charge in [-0.3, -0.25) is 14.9 Å². The molecule has 0 aromatic heterocycles. The first-order chi connectivity index (χ1) is 12.4. The second-order valence-corrected chi connectivity index (χ2v) is 6.10. The van der Waals surface area contributed by atoms with E-state index in [-0.39, 0.29) is 0 Å². The summed E-state index contributed by atoms with van der Waals surface area (Å²) in [4.78, 5) is 22.4. The van der Waals surface area contributed by atoms with Gasteiger partial charge in [0.25, 0.3) is 5.54 Å². The Morgan fingerprint density at radius 1 is 1.19 bits per heavy atom. The number of aliphatic hydroxyl groups is 2. The average Bonchev–Trinajstić information content (AvgIpc) is 2.67. The first-order valence-corrected chi connectivity index (χ1v) is 7.97. The van der Waals surface area contributed by atoms with E-state index in [2.05, 4.69) is 0 Å². The van der Waals surface area contributed by atoms with E-state index in [0.717, 1.165) is 16.5 Å². The minimum Gasteiger partial charge on any atom is -0.497 e. The first-order valence-electron chi connectivity index (χ1n) is 7.97. The van der Waals surface area contributed by atoms with Crippen molar-refractivity contribution in [1.29, 1.82) is 0 Å². The molecule has 140 valence electrons. The van der Waals surface area contributed by atoms with Gasteiger partial charge in [0, 0.05) is 4.92 Å². The van der Waals surface area contributed by atoms with Gasteiger partial charge in [0.15, 0.2) is 6.61 Å². The quantitative estimate of drug-likeness (QED) is 0.414. The summed E-state index contributed by atoms with van der Waals surface area (Å²) >= 11 is 0. The molecular formula is C18H21NO7. The summed E-state index contributed by atoms with van der Waals surface area (Å²) in [7, 11) is 1.58. The number of methoxy groups -OCH3 is 1. The van der Waals surface area contributed by atoms with Crippen molar-refractivity contribution in [3.05, 3.63) is 52.1 Å². The molecule has 0 radical (unpaired) electrons. The zero-order valence-electron chi connectivity index (χ0n) is 14.5. The summed E-state index contributed by atoms with van der Waals surface area (Å²) in [6.45, 7) is -0.953. The lowest BCUT2D eigenvalue weighted by Gasteiger charge is -2.21. The fraction of sp³-hybridized carbons (Fsp3) is 0.389. The summed E-state index contributed by atoms with van der Waals surface area (Å²) in [6.07, 6.45) is 0. The van der Waals surface area contributed by atoms with Crippen LogP contribution in [0.5, 0.6) is 5.75 Å². The predicted molar refractivity (Wildman–Crippen MR) is 93.8 cm³/mol. The van der Waals surface area contributed by atoms with E-state index in [0.29, 0.717) is 5.56 Å². The molecule has 0 amide bonds. The van der Waals surface area contributed by atoms with Crippen LogP contribution in [0.2, 0.25) is 0 Å². The van der Waals surface area contributed by atoms with Crippen molar-refractivity contribution < 1.29 is 29.4 Å². The largest absolute Gasteiger partial charge is 0.497 e. The van der Waals surface area contributed by atoms with Crippen molar-refractivity contribution in [2.45, 2.75) is 18.4 Å². The Balaban J connectivity index is 2.15. The van der Waals surface area contributed by atoms with Crippen molar-refractivity contribution in [1.82, 2.24) is 0 Å². The molecule has 8 heteroatoms. The molecular weight excluding hydrogens is 342 g/mol. The van der Waals surface area contributed by atoms with E-state index < -0.39 is 42.2 Å². The number of hydrogen-bond donors (Lipinski definition) is 2. The Kier molecular flexibility index (Phi) is 6.12. The molecule has 26 heavy (non-hydrogen) atoms. The molecule has 0 unspecified atom stereocenters. The van der Waals surface area contributed by atoms with Crippen LogP contribution in [0.25, 0.3) is 10.8 Å². The second-order valence-electron chi connectivity index (χ2n) is 6.10. The SMILES string of the molecule is COc1ccc2cc([C@H](C)C(=O)OCC(CO)(CO)[N+](=O)[O-])ccc2c1. The number of carbonyl (C=O) groups excluding carboxylic acids is 1. The zero-order valence-corrected chi connectivity index (χ0v) is 14.5. The van der Waals surface area contributed by atoms with Gasteiger partial charge in [0.05, 0.1) is 13.0 Å². The molecule has 0 bridgehead atoms. The molecule has 2 aromatic carbocycles. The molecule has 2 rings (SSSR count). The Labute approximate surface area is 150 Å². The average molecular weight is 363 g/mol. The third-order valence-electron chi connectivity index (χ3n) is 4.38. The predicted octanol–water partition coefficient (Wildman–Crippen LogP) is 1.50. The number of benzene rings is 2. The van der Waals surface area contributed by atoms with Gasteiger partial charge in [-0.25, -0.2) is 0 Å². The molecule has 0 fully saturated rings. The van der Waals surface area contributed by atoms with Crippen LogP contribution in [0, 0.1) is 10.1 Å². The highest BCUT2D eigenvalue weighted by Crippen LogP contribution is 2.26. The van der Waals surface area contributed by atoms with Crippen molar-refractivity contribution >= 4 is 16.7 Å². The minimum atomic E-state index is -2.10. The molecule has 0 aliphatic rings. The monoisotopic (exact) mass is 363 g/mol. The van der Waals surface area contributed by atoms with Crippen molar-refractivity contribution in [3.8, 4) is 5.75 Å². The Morgan fingerprint density at radius 2 is 1.81 bits per heavy atom. The maximum atomic E-state index is 12.3. The van der Waals surface area contributed by atoms with Crippen LogP contribution >= 0.6 is 0 Å². The van der Waals surface area contributed by atoms with Crippen molar-refractivity contribution in [3.63, 3.8) is 0 Å². The lowest BCUT2D eigenvalue weighted by Crippen LogP contribution is -2.50. The topological polar surface area (TPSA) is 119 Å². The number of hydrogen-bond acceptors (Lipinski definition) is 7. The van der Waals surface area contributed by atoms with Gasteiger partial charge in [-0.15, -0.1) is 0 Å². The Bertz CT molecular complexity index is 801. The van der Waals surface area contributed by atoms with Crippen LogP contribution in [0.1, 0.15) is 18.4 Å². The first kappa shape index (κ1) is 19.6. The molecule has 0 saturated carbocycles. The number of fused-ring (bicyclic) bond motifs is 1. The third kappa shape index (κ3) is 3.92. The highest BCUT2D eigenvalue weighted by atomic mass is 16.6. The van der Waals surface area contributed by atoms with Crippen LogP contribution in [-0.2, 0) is 9.53 Å². The van der Waals surface area contributed by atoms with Gasteiger partial charge in [0.1, 0.15) is 19.0 Å². The number of carbonyl (C=O) groups is 1. The highest BCUT2D eigenvalue weighted by molar-refractivity contribution is 5.86. The highest BCUT2D eigenvalue weighted by Gasteiger charge is 2.44. The summed E-state index contributed by atoms with van der Waals surface area (Å²) in [5.74, 6) is -0.615. The molecule has 2 N–H and O–H groups in total. The maximum Gasteiger partial charge on any atom is 0.313 e. The minimum absolute atomic E-state index is 0.664. The van der Waals surface area contributed by atoms with Gasteiger partial charge in [-0.05, 0) is 35.4 Å². The van der Waals surface area contributed by atoms with Gasteiger partial charge >= 0.3 is 5.97 Å². The van der Waals surface area contributed by atoms with Gasteiger partial charge in [-0.1, -0.05) is 24.3 Å². The normalized spacial score (nSPS) is 12.6. The van der Waals surface area contributed by atoms with Gasteiger partial charge in [0.2, 0.25) is 0 Å². The van der Waals surface area contributed by atoms with E-state index in [1.807, 2.05) is 30.3 Å². The fourth-order valence-corrected chi connectivity index (χ4v) is 2.41. The number of nitro groups is 1. The van der Waals surface area contributed by atoms with E-state index in [1.54, 1.807) is 20.1 Å². The van der Waals surface area contributed by atoms with Crippen LogP contribution in [0.4, 0.5) is 0 Å². The Morgan fingerprint density at radius 3 is 2.38 bits per heavy atom. The molecule has 0 heterocycles. The van der Waals surface area contributed by atoms with E-state index >= 15 is 0 Å². The number of nitrogens with zero attached hydrogens (tertiary/aromatic N) is 1. The maximum absolute atomic E-state index is 12.3. The summed E-state index contributed by atoms with van der Waals surface area (Å²) in [5, 5.41) is 31.2. The molecule has 1 atom stereocenters. The fourth-order valence-electron chi connectivity index (χ4n) is 2.41. The van der Waals surface area contributed by atoms with E-state index in [4.69, 9.17) is 9.47 Å². The molecule has 0 spiro atoms. The smallest absolute Gasteiger partial charge is 0.313 e. The van der Waals surface area contributed by atoms with Crippen LogP contribution < -0.4 is 4.74 Å². The molecule has 0 aliphatic heterocycles. The molecule has 0 saturated heterocycles. The van der Waals surface area contributed by atoms with E-state index in [1.165, 1.54) is 0 Å². The van der Waals surface area contributed by atoms with Crippen molar-refractivity contribution in [2.24, 2.45) is 0 Å². The standard InChI is InChI=1S/C18H21NO7/c1-12(17(22)26-11-18(9-20,10-21)19(23)24)13-3-4-15-8-16(25-2)6-5-14(15)7-13/h3-8,12,20-21H,9-11H2,1-2H3/t12-/m0/s1. The lowest BCUT2D eigenvalue weighted by atomic mass is 9.97. The number of ether oxygens (including phenoxy) is 2. The molecule has 8 nitrogen and oxygen atoms in total. The molecule has 2 aromatic rings. The third-order valence-corrected chi connectivity index (χ3v) is 4.38. The Hall–Kier alpha value is -2.71. The lowest BCUT2D eigenvalue weighted by molar-refractivity contribution is -0.580. The van der Waals surface area contributed by atoms with E-state index in [9.17, 15) is 25.1 Å². The second kappa shape index (κ2) is 8.11.